The average Bonchev–Trinajstić information content (AvgIpc) is 2.52. The van der Waals surface area contributed by atoms with Crippen molar-refractivity contribution in [2.75, 3.05) is 7.11 Å². The van der Waals surface area contributed by atoms with Gasteiger partial charge in [0, 0.05) is 11.1 Å². The fraction of sp³-hybridized carbons (Fsp3) is 0.200. The maximum absolute atomic E-state index is 14.3. The Labute approximate surface area is 140 Å². The molecule has 0 atom stereocenters. The molecule has 1 aliphatic rings. The third kappa shape index (κ3) is 2.80. The van der Waals surface area contributed by atoms with Crippen LogP contribution in [0.15, 0.2) is 49.1 Å². The van der Waals surface area contributed by atoms with Gasteiger partial charge in [0.1, 0.15) is 28.7 Å². The van der Waals surface area contributed by atoms with E-state index in [-0.39, 0.29) is 5.56 Å². The predicted molar refractivity (Wildman–Crippen MR) is 90.6 cm³/mol. The van der Waals surface area contributed by atoms with Crippen LogP contribution in [-0.4, -0.2) is 12.7 Å². The Balaban J connectivity index is 2.26. The molecule has 0 fully saturated rings. The van der Waals surface area contributed by atoms with Crippen LogP contribution in [0.3, 0.4) is 0 Å². The summed E-state index contributed by atoms with van der Waals surface area (Å²) in [4.78, 5) is 0. The second kappa shape index (κ2) is 5.78. The third-order valence-electron chi connectivity index (χ3n) is 3.94. The van der Waals surface area contributed by atoms with Crippen LogP contribution in [-0.2, 0) is 4.74 Å². The van der Waals surface area contributed by atoms with E-state index in [1.165, 1.54) is 25.3 Å². The van der Waals surface area contributed by atoms with Crippen molar-refractivity contribution < 1.29 is 18.3 Å². The second-order valence-electron chi connectivity index (χ2n) is 6.20. The minimum atomic E-state index is -0.684. The van der Waals surface area contributed by atoms with E-state index < -0.39 is 17.2 Å². The van der Waals surface area contributed by atoms with E-state index >= 15 is 0 Å². The molecule has 2 nitrogen and oxygen atoms in total. The lowest BCUT2D eigenvalue weighted by Gasteiger charge is -2.31. The molecular formula is C20H18F2O2. The Hall–Kier alpha value is -2.62. The van der Waals surface area contributed by atoms with Crippen molar-refractivity contribution in [2.45, 2.75) is 19.4 Å². The van der Waals surface area contributed by atoms with Gasteiger partial charge >= 0.3 is 0 Å². The largest absolute Gasteiger partial charge is 0.497 e. The van der Waals surface area contributed by atoms with Crippen molar-refractivity contribution in [3.63, 3.8) is 0 Å². The number of benzene rings is 2. The predicted octanol–water partition coefficient (Wildman–Crippen LogP) is 5.18. The van der Waals surface area contributed by atoms with Gasteiger partial charge in [0.15, 0.2) is 0 Å². The van der Waals surface area contributed by atoms with Crippen LogP contribution in [0, 0.1) is 11.6 Å². The molecule has 0 saturated carbocycles. The molecular weight excluding hydrogens is 310 g/mol. The van der Waals surface area contributed by atoms with Crippen LogP contribution < -0.4 is 4.74 Å². The molecule has 2 aromatic carbocycles. The lowest BCUT2D eigenvalue weighted by atomic mass is 9.88. The van der Waals surface area contributed by atoms with Crippen LogP contribution in [0.4, 0.5) is 8.78 Å². The van der Waals surface area contributed by atoms with Crippen LogP contribution in [0.5, 0.6) is 5.75 Å². The summed E-state index contributed by atoms with van der Waals surface area (Å²) in [5, 5.41) is 0. The van der Waals surface area contributed by atoms with Crippen molar-refractivity contribution >= 4 is 11.3 Å². The SMILES string of the molecule is C=C(OC)c1ccc2c(c1)C(c1c(F)cccc1F)=CC(C)(C)O2. The van der Waals surface area contributed by atoms with Crippen molar-refractivity contribution in [1.29, 1.82) is 0 Å². The van der Waals surface area contributed by atoms with Crippen LogP contribution in [0.25, 0.3) is 11.3 Å². The Bertz CT molecular complexity index is 830. The van der Waals surface area contributed by atoms with Gasteiger partial charge in [-0.15, -0.1) is 0 Å². The molecule has 0 unspecified atom stereocenters. The Morgan fingerprint density at radius 2 is 1.79 bits per heavy atom. The maximum atomic E-state index is 14.3. The van der Waals surface area contributed by atoms with Gasteiger partial charge in [-0.1, -0.05) is 12.6 Å². The number of hydrogen-bond acceptors (Lipinski definition) is 2. The fourth-order valence-electron chi connectivity index (χ4n) is 2.82. The molecule has 2 aromatic rings. The smallest absolute Gasteiger partial charge is 0.133 e. The number of fused-ring (bicyclic) bond motifs is 1. The molecule has 0 saturated heterocycles. The first kappa shape index (κ1) is 16.2. The molecule has 24 heavy (non-hydrogen) atoms. The van der Waals surface area contributed by atoms with Gasteiger partial charge in [-0.2, -0.15) is 0 Å². The van der Waals surface area contributed by atoms with Gasteiger partial charge in [0.25, 0.3) is 0 Å². The molecule has 0 spiro atoms. The molecule has 3 rings (SSSR count). The molecule has 124 valence electrons. The molecule has 4 heteroatoms. The van der Waals surface area contributed by atoms with Gasteiger partial charge in [-0.25, -0.2) is 8.78 Å². The quantitative estimate of drug-likeness (QED) is 0.722. The fourth-order valence-corrected chi connectivity index (χ4v) is 2.82. The zero-order valence-corrected chi connectivity index (χ0v) is 13.8. The standard InChI is InChI=1S/C20H18F2O2/c1-12(23-4)13-8-9-18-14(10-13)15(11-20(2,3)24-18)19-16(21)6-5-7-17(19)22/h5-11H,1H2,2-4H3. The van der Waals surface area contributed by atoms with Gasteiger partial charge in [-0.3, -0.25) is 0 Å². The highest BCUT2D eigenvalue weighted by atomic mass is 19.1. The topological polar surface area (TPSA) is 18.5 Å². The lowest BCUT2D eigenvalue weighted by Crippen LogP contribution is -2.29. The highest BCUT2D eigenvalue weighted by Crippen LogP contribution is 2.41. The van der Waals surface area contributed by atoms with E-state index in [1.54, 1.807) is 24.3 Å². The van der Waals surface area contributed by atoms with E-state index in [4.69, 9.17) is 9.47 Å². The van der Waals surface area contributed by atoms with E-state index in [0.717, 1.165) is 5.56 Å². The van der Waals surface area contributed by atoms with E-state index in [2.05, 4.69) is 6.58 Å². The maximum Gasteiger partial charge on any atom is 0.133 e. The van der Waals surface area contributed by atoms with E-state index in [1.807, 2.05) is 13.8 Å². The van der Waals surface area contributed by atoms with Crippen LogP contribution in [0.1, 0.15) is 30.5 Å². The summed E-state index contributed by atoms with van der Waals surface area (Å²) in [6.07, 6.45) is 1.73. The highest BCUT2D eigenvalue weighted by Gasteiger charge is 2.30. The second-order valence-corrected chi connectivity index (χ2v) is 6.20. The molecule has 0 bridgehead atoms. The number of ether oxygens (including phenoxy) is 2. The zero-order valence-electron chi connectivity index (χ0n) is 13.8. The van der Waals surface area contributed by atoms with Gasteiger partial charge in [-0.05, 0) is 55.8 Å². The zero-order chi connectivity index (χ0) is 17.5. The first-order valence-corrected chi connectivity index (χ1v) is 7.56. The molecule has 0 aromatic heterocycles. The summed E-state index contributed by atoms with van der Waals surface area (Å²) in [5.41, 5.74) is 1.05. The lowest BCUT2D eigenvalue weighted by molar-refractivity contribution is 0.158. The normalized spacial score (nSPS) is 15.1. The number of methoxy groups -OCH3 is 1. The molecule has 1 heterocycles. The molecule has 0 amide bonds. The average molecular weight is 328 g/mol. The summed E-state index contributed by atoms with van der Waals surface area (Å²) in [5.74, 6) is -0.189. The first-order chi connectivity index (χ1) is 11.3. The number of halogens is 2. The van der Waals surface area contributed by atoms with Crippen LogP contribution in [0.2, 0.25) is 0 Å². The van der Waals surface area contributed by atoms with Crippen molar-refractivity contribution in [3.8, 4) is 5.75 Å². The van der Waals surface area contributed by atoms with Crippen LogP contribution >= 0.6 is 0 Å². The summed E-state index contributed by atoms with van der Waals surface area (Å²) < 4.78 is 39.8. The molecule has 0 N–H and O–H groups in total. The summed E-state index contributed by atoms with van der Waals surface area (Å²) >= 11 is 0. The highest BCUT2D eigenvalue weighted by molar-refractivity contribution is 5.86. The van der Waals surface area contributed by atoms with E-state index in [0.29, 0.717) is 22.6 Å². The Morgan fingerprint density at radius 3 is 2.42 bits per heavy atom. The Kier molecular flexibility index (Phi) is 3.91. The minimum absolute atomic E-state index is 0.0599. The van der Waals surface area contributed by atoms with Crippen molar-refractivity contribution in [1.82, 2.24) is 0 Å². The Morgan fingerprint density at radius 1 is 1.12 bits per heavy atom. The molecule has 0 aliphatic carbocycles. The van der Waals surface area contributed by atoms with Gasteiger partial charge < -0.3 is 9.47 Å². The van der Waals surface area contributed by atoms with Crippen molar-refractivity contribution in [2.24, 2.45) is 0 Å². The first-order valence-electron chi connectivity index (χ1n) is 7.56. The summed E-state index contributed by atoms with van der Waals surface area (Å²) in [7, 11) is 1.52. The van der Waals surface area contributed by atoms with Crippen molar-refractivity contribution in [3.05, 3.63) is 77.4 Å². The minimum Gasteiger partial charge on any atom is -0.497 e. The third-order valence-corrected chi connectivity index (χ3v) is 3.94. The molecule has 1 aliphatic heterocycles. The monoisotopic (exact) mass is 328 g/mol. The van der Waals surface area contributed by atoms with E-state index in [9.17, 15) is 8.78 Å². The summed E-state index contributed by atoms with van der Waals surface area (Å²) in [6.45, 7) is 7.51. The number of hydrogen-bond donors (Lipinski definition) is 0. The molecule has 0 radical (unpaired) electrons. The van der Waals surface area contributed by atoms with Gasteiger partial charge in [0.05, 0.1) is 12.7 Å². The van der Waals surface area contributed by atoms with Gasteiger partial charge in [0.2, 0.25) is 0 Å². The number of rotatable bonds is 3. The summed E-state index contributed by atoms with van der Waals surface area (Å²) in [6, 6.07) is 9.19.